The fourth-order valence-corrected chi connectivity index (χ4v) is 4.59. The lowest BCUT2D eigenvalue weighted by Gasteiger charge is -2.20. The zero-order chi connectivity index (χ0) is 29.4. The Morgan fingerprint density at radius 2 is 1.63 bits per heavy atom. The van der Waals surface area contributed by atoms with Gasteiger partial charge in [-0.1, -0.05) is 32.3 Å². The first-order valence-corrected chi connectivity index (χ1v) is 13.7. The Morgan fingerprint density at radius 1 is 0.951 bits per heavy atom. The van der Waals surface area contributed by atoms with Crippen LogP contribution in [0.15, 0.2) is 58.1 Å². The van der Waals surface area contributed by atoms with E-state index in [-0.39, 0.29) is 35.7 Å². The van der Waals surface area contributed by atoms with Crippen molar-refractivity contribution in [3.63, 3.8) is 0 Å². The smallest absolute Gasteiger partial charge is 0.441 e. The van der Waals surface area contributed by atoms with E-state index in [4.69, 9.17) is 24.4 Å². The number of halogens is 3. The quantitative estimate of drug-likeness (QED) is 0.216. The minimum Gasteiger partial charge on any atom is -0.494 e. The standard InChI is InChI=1S/C28H29F3N4O5S/c1-3-4-5-6-13-38-19-8-10-20(11-9-19)39-14-15-40-22-12-7-18(17-23(22)37-2)16-21-24(32)35-27(33-25(21)36)41-26(34-35)28(29,30)31/h7-12,16-17,32H,3-6,13-15H2,1-2H3/b21-16-,32-24?. The Labute approximate surface area is 239 Å². The summed E-state index contributed by atoms with van der Waals surface area (Å²) in [6, 6.07) is 12.2. The van der Waals surface area contributed by atoms with Gasteiger partial charge in [-0.05, 0) is 66.2 Å². The third-order valence-electron chi connectivity index (χ3n) is 5.90. The molecule has 2 aliphatic heterocycles. The molecule has 0 aromatic heterocycles. The molecule has 0 saturated carbocycles. The molecule has 0 radical (unpaired) electrons. The van der Waals surface area contributed by atoms with Crippen molar-refractivity contribution >= 4 is 39.8 Å². The number of thioether (sulfide) groups is 1. The molecule has 218 valence electrons. The Balaban J connectivity index is 1.31. The monoisotopic (exact) mass is 590 g/mol. The number of hydrazone groups is 1. The highest BCUT2D eigenvalue weighted by molar-refractivity contribution is 8.27. The number of hydrogen-bond acceptors (Lipinski definition) is 8. The molecule has 2 aromatic rings. The third-order valence-corrected chi connectivity index (χ3v) is 6.85. The summed E-state index contributed by atoms with van der Waals surface area (Å²) in [6.45, 7) is 3.35. The number of methoxy groups -OCH3 is 1. The van der Waals surface area contributed by atoms with Crippen LogP contribution in [-0.2, 0) is 4.79 Å². The van der Waals surface area contributed by atoms with Crippen LogP contribution in [0.3, 0.4) is 0 Å². The number of nitrogens with zero attached hydrogens (tertiary/aromatic N) is 3. The molecule has 2 aliphatic rings. The van der Waals surface area contributed by atoms with E-state index in [0.717, 1.165) is 18.6 Å². The van der Waals surface area contributed by atoms with Gasteiger partial charge in [-0.25, -0.2) is 0 Å². The summed E-state index contributed by atoms with van der Waals surface area (Å²) in [5.41, 5.74) is 0.246. The van der Waals surface area contributed by atoms with Crippen LogP contribution in [0, 0.1) is 5.41 Å². The zero-order valence-corrected chi connectivity index (χ0v) is 23.3. The number of alkyl halides is 3. The summed E-state index contributed by atoms with van der Waals surface area (Å²) >= 11 is 0.198. The molecule has 1 N–H and O–H groups in total. The van der Waals surface area contributed by atoms with Crippen LogP contribution in [-0.4, -0.2) is 60.1 Å². The highest BCUT2D eigenvalue weighted by atomic mass is 32.2. The molecule has 0 fully saturated rings. The SMILES string of the molecule is CCCCCCOc1ccc(OCCOc2ccc(/C=C3/C(=N)N4N=C(C(F)(F)F)SC4=NC3=O)cc2OC)cc1. The normalized spacial score (nSPS) is 15.9. The van der Waals surface area contributed by atoms with E-state index in [2.05, 4.69) is 17.0 Å². The van der Waals surface area contributed by atoms with Crippen molar-refractivity contribution in [1.82, 2.24) is 5.01 Å². The fraction of sp³-hybridized carbons (Fsp3) is 0.357. The summed E-state index contributed by atoms with van der Waals surface area (Å²) in [5, 5.41) is 10.8. The topological polar surface area (TPSA) is 106 Å². The number of carbonyl (C=O) groups is 1. The second-order valence-corrected chi connectivity index (χ2v) is 9.87. The third kappa shape index (κ3) is 7.81. The van der Waals surface area contributed by atoms with Crippen molar-refractivity contribution in [3.05, 3.63) is 53.6 Å². The summed E-state index contributed by atoms with van der Waals surface area (Å²) in [4.78, 5) is 16.1. The van der Waals surface area contributed by atoms with Gasteiger partial charge < -0.3 is 18.9 Å². The molecule has 1 amide bonds. The van der Waals surface area contributed by atoms with E-state index in [1.54, 1.807) is 18.2 Å². The lowest BCUT2D eigenvalue weighted by molar-refractivity contribution is -0.114. The molecule has 41 heavy (non-hydrogen) atoms. The van der Waals surface area contributed by atoms with Crippen molar-refractivity contribution in [2.75, 3.05) is 26.9 Å². The van der Waals surface area contributed by atoms with Crippen molar-refractivity contribution < 1.29 is 36.9 Å². The van der Waals surface area contributed by atoms with Gasteiger partial charge in [0.05, 0.1) is 19.3 Å². The molecule has 2 heterocycles. The van der Waals surface area contributed by atoms with Crippen LogP contribution in [0.1, 0.15) is 38.2 Å². The van der Waals surface area contributed by atoms with Crippen LogP contribution in [0.5, 0.6) is 23.0 Å². The molecule has 13 heteroatoms. The van der Waals surface area contributed by atoms with Crippen LogP contribution < -0.4 is 18.9 Å². The zero-order valence-electron chi connectivity index (χ0n) is 22.5. The maximum Gasteiger partial charge on any atom is 0.441 e. The van der Waals surface area contributed by atoms with E-state index >= 15 is 0 Å². The molecule has 0 spiro atoms. The number of ether oxygens (including phenoxy) is 4. The predicted octanol–water partition coefficient (Wildman–Crippen LogP) is 6.29. The summed E-state index contributed by atoms with van der Waals surface area (Å²) in [7, 11) is 1.45. The molecule has 0 atom stereocenters. The first-order valence-electron chi connectivity index (χ1n) is 12.9. The lowest BCUT2D eigenvalue weighted by atomic mass is 10.1. The van der Waals surface area contributed by atoms with Crippen molar-refractivity contribution in [2.45, 2.75) is 38.8 Å². The highest BCUT2D eigenvalue weighted by Crippen LogP contribution is 2.36. The molecular weight excluding hydrogens is 561 g/mol. The van der Waals surface area contributed by atoms with Crippen LogP contribution in [0.25, 0.3) is 6.08 Å². The number of benzene rings is 2. The van der Waals surface area contributed by atoms with E-state index in [0.29, 0.717) is 34.4 Å². The Morgan fingerprint density at radius 3 is 2.29 bits per heavy atom. The number of fused-ring (bicyclic) bond motifs is 1. The number of nitrogens with one attached hydrogen (secondary N) is 1. The van der Waals surface area contributed by atoms with Crippen molar-refractivity contribution in [2.24, 2.45) is 10.1 Å². The number of unbranched alkanes of at least 4 members (excludes halogenated alkanes) is 3. The number of amides is 1. The average Bonchev–Trinajstić information content (AvgIpc) is 3.39. The van der Waals surface area contributed by atoms with Crippen molar-refractivity contribution in [3.8, 4) is 23.0 Å². The Hall–Kier alpha value is -4.00. The number of amidine groups is 2. The minimum absolute atomic E-state index is 0.198. The molecule has 0 bridgehead atoms. The molecular formula is C28H29F3N4O5S. The van der Waals surface area contributed by atoms with E-state index in [1.165, 1.54) is 26.0 Å². The van der Waals surface area contributed by atoms with Gasteiger partial charge in [0.2, 0.25) is 10.2 Å². The molecule has 0 aliphatic carbocycles. The number of carbonyl (C=O) groups excluding carboxylic acids is 1. The summed E-state index contributed by atoms with van der Waals surface area (Å²) in [5.74, 6) is 0.901. The van der Waals surface area contributed by atoms with Gasteiger partial charge in [0.25, 0.3) is 5.91 Å². The Kier molecular flexibility index (Phi) is 9.92. The first kappa shape index (κ1) is 30.0. The van der Waals surface area contributed by atoms with Gasteiger partial charge in [-0.3, -0.25) is 10.2 Å². The largest absolute Gasteiger partial charge is 0.494 e. The van der Waals surface area contributed by atoms with Gasteiger partial charge in [-0.15, -0.1) is 0 Å². The van der Waals surface area contributed by atoms with Crippen LogP contribution in [0.4, 0.5) is 13.2 Å². The van der Waals surface area contributed by atoms with E-state index < -0.39 is 23.0 Å². The van der Waals surface area contributed by atoms with Gasteiger partial charge in [0.15, 0.2) is 17.3 Å². The molecule has 9 nitrogen and oxygen atoms in total. The van der Waals surface area contributed by atoms with Crippen LogP contribution >= 0.6 is 11.8 Å². The van der Waals surface area contributed by atoms with E-state index in [9.17, 15) is 18.0 Å². The number of rotatable bonds is 13. The van der Waals surface area contributed by atoms with Gasteiger partial charge >= 0.3 is 6.18 Å². The summed E-state index contributed by atoms with van der Waals surface area (Å²) < 4.78 is 61.7. The maximum absolute atomic E-state index is 13.0. The average molecular weight is 591 g/mol. The lowest BCUT2D eigenvalue weighted by Crippen LogP contribution is -2.35. The van der Waals surface area contributed by atoms with Gasteiger partial charge in [-0.2, -0.15) is 28.3 Å². The van der Waals surface area contributed by atoms with Gasteiger partial charge in [0.1, 0.15) is 24.7 Å². The number of aliphatic imine (C=N–C) groups is 1. The van der Waals surface area contributed by atoms with E-state index in [1.807, 2.05) is 24.3 Å². The number of hydrogen-bond donors (Lipinski definition) is 1. The minimum atomic E-state index is -4.71. The maximum atomic E-state index is 13.0. The van der Waals surface area contributed by atoms with Gasteiger partial charge in [0, 0.05) is 0 Å². The molecule has 2 aromatic carbocycles. The molecule has 0 unspecified atom stereocenters. The first-order chi connectivity index (χ1) is 19.7. The second kappa shape index (κ2) is 13.6. The highest BCUT2D eigenvalue weighted by Gasteiger charge is 2.46. The predicted molar refractivity (Wildman–Crippen MR) is 151 cm³/mol. The molecule has 4 rings (SSSR count). The van der Waals surface area contributed by atoms with Crippen LogP contribution in [0.2, 0.25) is 0 Å². The second-order valence-electron chi connectivity index (χ2n) is 8.91. The fourth-order valence-electron chi connectivity index (χ4n) is 3.83. The molecule has 0 saturated heterocycles. The summed E-state index contributed by atoms with van der Waals surface area (Å²) in [6.07, 6.45) is 1.21. The van der Waals surface area contributed by atoms with Crippen molar-refractivity contribution in [1.29, 1.82) is 5.41 Å². The Bertz CT molecular complexity index is 1360.